The zero-order valence-corrected chi connectivity index (χ0v) is 14.0. The maximum atomic E-state index is 12.4. The van der Waals surface area contributed by atoms with Crippen molar-refractivity contribution >= 4 is 6.03 Å². The van der Waals surface area contributed by atoms with Gasteiger partial charge in [0.25, 0.3) is 0 Å². The van der Waals surface area contributed by atoms with E-state index in [9.17, 15) is 4.79 Å². The van der Waals surface area contributed by atoms with E-state index >= 15 is 0 Å². The molecule has 1 N–H and O–H groups in total. The molecular weight excluding hydrogens is 306 g/mol. The van der Waals surface area contributed by atoms with Crippen molar-refractivity contribution in [2.45, 2.75) is 38.3 Å². The molecule has 0 bridgehead atoms. The van der Waals surface area contributed by atoms with Crippen molar-refractivity contribution in [3.63, 3.8) is 0 Å². The van der Waals surface area contributed by atoms with Crippen LogP contribution >= 0.6 is 0 Å². The second-order valence-electron chi connectivity index (χ2n) is 6.81. The molecule has 2 heterocycles. The minimum absolute atomic E-state index is 0.0266. The Kier molecular flexibility index (Phi) is 4.47. The molecule has 0 unspecified atom stereocenters. The fraction of sp³-hybridized carbons (Fsp3) is 0.611. The molecule has 6 nitrogen and oxygen atoms in total. The first kappa shape index (κ1) is 15.6. The van der Waals surface area contributed by atoms with Gasteiger partial charge >= 0.3 is 6.03 Å². The fourth-order valence-electron chi connectivity index (χ4n) is 3.90. The van der Waals surface area contributed by atoms with Crippen LogP contribution in [0, 0.1) is 0 Å². The van der Waals surface area contributed by atoms with Crippen LogP contribution in [0.3, 0.4) is 0 Å². The van der Waals surface area contributed by atoms with E-state index in [0.717, 1.165) is 49.3 Å². The van der Waals surface area contributed by atoms with E-state index in [4.69, 9.17) is 9.47 Å². The number of carbonyl (C=O) groups excluding carboxylic acids is 1. The first-order chi connectivity index (χ1) is 11.8. The van der Waals surface area contributed by atoms with Gasteiger partial charge in [-0.2, -0.15) is 0 Å². The third-order valence-corrected chi connectivity index (χ3v) is 5.32. The van der Waals surface area contributed by atoms with Crippen LogP contribution in [0.15, 0.2) is 18.2 Å². The summed E-state index contributed by atoms with van der Waals surface area (Å²) >= 11 is 0. The molecule has 0 aromatic heterocycles. The summed E-state index contributed by atoms with van der Waals surface area (Å²) in [6.07, 6.45) is 5.38. The van der Waals surface area contributed by atoms with Gasteiger partial charge in [0.2, 0.25) is 6.79 Å². The van der Waals surface area contributed by atoms with E-state index in [2.05, 4.69) is 10.2 Å². The Morgan fingerprint density at radius 3 is 2.62 bits per heavy atom. The Labute approximate surface area is 142 Å². The quantitative estimate of drug-likeness (QED) is 0.922. The smallest absolute Gasteiger partial charge is 0.317 e. The molecule has 0 atom stereocenters. The van der Waals surface area contributed by atoms with Gasteiger partial charge in [-0.25, -0.2) is 4.79 Å². The lowest BCUT2D eigenvalue weighted by atomic mass is 10.2. The topological polar surface area (TPSA) is 54.0 Å². The average Bonchev–Trinajstić information content (AvgIpc) is 3.31. The standard InChI is InChI=1S/C18H25N3O3/c22-18(19-12-14-5-6-16-17(11-14)24-13-23-16)21-9-7-20(8-10-21)15-3-1-2-4-15/h5-6,11,15H,1-4,7-10,12-13H2,(H,19,22). The molecule has 4 rings (SSSR count). The van der Waals surface area contributed by atoms with Crippen LogP contribution in [0.2, 0.25) is 0 Å². The number of hydrogen-bond acceptors (Lipinski definition) is 4. The molecule has 0 spiro atoms. The van der Waals surface area contributed by atoms with Gasteiger partial charge in [0.15, 0.2) is 11.5 Å². The van der Waals surface area contributed by atoms with Crippen molar-refractivity contribution in [1.82, 2.24) is 15.1 Å². The number of ether oxygens (including phenoxy) is 2. The molecule has 24 heavy (non-hydrogen) atoms. The highest BCUT2D eigenvalue weighted by Crippen LogP contribution is 2.32. The summed E-state index contributed by atoms with van der Waals surface area (Å²) in [5.41, 5.74) is 1.03. The summed E-state index contributed by atoms with van der Waals surface area (Å²) in [6.45, 7) is 4.44. The first-order valence-corrected chi connectivity index (χ1v) is 8.95. The summed E-state index contributed by atoms with van der Waals surface area (Å²) in [7, 11) is 0. The second kappa shape index (κ2) is 6.89. The summed E-state index contributed by atoms with van der Waals surface area (Å²) in [6, 6.07) is 6.57. The Bertz CT molecular complexity index is 593. The van der Waals surface area contributed by atoms with E-state index in [0.29, 0.717) is 6.54 Å². The van der Waals surface area contributed by atoms with Gasteiger partial charge < -0.3 is 19.7 Å². The normalized spacial score (nSPS) is 21.2. The van der Waals surface area contributed by atoms with Crippen LogP contribution in [0.4, 0.5) is 4.79 Å². The summed E-state index contributed by atoms with van der Waals surface area (Å²) < 4.78 is 10.7. The molecule has 2 aliphatic heterocycles. The highest BCUT2D eigenvalue weighted by molar-refractivity contribution is 5.74. The van der Waals surface area contributed by atoms with Gasteiger partial charge in [-0.3, -0.25) is 4.90 Å². The third-order valence-electron chi connectivity index (χ3n) is 5.32. The van der Waals surface area contributed by atoms with Crippen molar-refractivity contribution in [2.75, 3.05) is 33.0 Å². The van der Waals surface area contributed by atoms with Crippen molar-refractivity contribution in [3.05, 3.63) is 23.8 Å². The maximum absolute atomic E-state index is 12.4. The van der Waals surface area contributed by atoms with E-state index in [1.165, 1.54) is 25.7 Å². The number of carbonyl (C=O) groups is 1. The van der Waals surface area contributed by atoms with Crippen LogP contribution in [0.5, 0.6) is 11.5 Å². The minimum Gasteiger partial charge on any atom is -0.454 e. The molecule has 0 radical (unpaired) electrons. The monoisotopic (exact) mass is 331 g/mol. The van der Waals surface area contributed by atoms with E-state index in [-0.39, 0.29) is 12.8 Å². The van der Waals surface area contributed by atoms with Gasteiger partial charge in [0, 0.05) is 38.8 Å². The number of nitrogens with zero attached hydrogens (tertiary/aromatic N) is 2. The Morgan fingerprint density at radius 1 is 1.08 bits per heavy atom. The predicted molar refractivity (Wildman–Crippen MR) is 90.2 cm³/mol. The zero-order valence-electron chi connectivity index (χ0n) is 14.0. The molecular formula is C18H25N3O3. The third kappa shape index (κ3) is 3.29. The number of fused-ring (bicyclic) bond motifs is 1. The van der Waals surface area contributed by atoms with Gasteiger partial charge in [-0.1, -0.05) is 18.9 Å². The molecule has 1 aromatic carbocycles. The van der Waals surface area contributed by atoms with Crippen LogP contribution < -0.4 is 14.8 Å². The predicted octanol–water partition coefficient (Wildman–Crippen LogP) is 2.19. The van der Waals surface area contributed by atoms with Crippen molar-refractivity contribution in [1.29, 1.82) is 0 Å². The highest BCUT2D eigenvalue weighted by atomic mass is 16.7. The van der Waals surface area contributed by atoms with Gasteiger partial charge in [0.1, 0.15) is 0 Å². The second-order valence-corrected chi connectivity index (χ2v) is 6.81. The Morgan fingerprint density at radius 2 is 1.83 bits per heavy atom. The maximum Gasteiger partial charge on any atom is 0.317 e. The van der Waals surface area contributed by atoms with Gasteiger partial charge in [0.05, 0.1) is 0 Å². The molecule has 3 aliphatic rings. The number of amides is 2. The molecule has 1 saturated carbocycles. The van der Waals surface area contributed by atoms with E-state index < -0.39 is 0 Å². The number of rotatable bonds is 3. The molecule has 1 aliphatic carbocycles. The summed E-state index contributed by atoms with van der Waals surface area (Å²) in [4.78, 5) is 16.9. The van der Waals surface area contributed by atoms with E-state index in [1.807, 2.05) is 23.1 Å². The van der Waals surface area contributed by atoms with Crippen molar-refractivity contribution in [3.8, 4) is 11.5 Å². The summed E-state index contributed by atoms with van der Waals surface area (Å²) in [5, 5.41) is 3.02. The lowest BCUT2D eigenvalue weighted by molar-refractivity contribution is 0.109. The molecule has 6 heteroatoms. The first-order valence-electron chi connectivity index (χ1n) is 8.95. The Hall–Kier alpha value is -1.95. The van der Waals surface area contributed by atoms with E-state index in [1.54, 1.807) is 0 Å². The van der Waals surface area contributed by atoms with Crippen LogP contribution in [-0.4, -0.2) is 54.8 Å². The number of hydrogen-bond donors (Lipinski definition) is 1. The lowest BCUT2D eigenvalue weighted by Gasteiger charge is -2.38. The van der Waals surface area contributed by atoms with Crippen LogP contribution in [0.25, 0.3) is 0 Å². The largest absolute Gasteiger partial charge is 0.454 e. The van der Waals surface area contributed by atoms with Crippen molar-refractivity contribution in [2.24, 2.45) is 0 Å². The summed E-state index contributed by atoms with van der Waals surface area (Å²) in [5.74, 6) is 1.53. The molecule has 1 aromatic rings. The molecule has 2 amide bonds. The number of nitrogens with one attached hydrogen (secondary N) is 1. The van der Waals surface area contributed by atoms with Crippen LogP contribution in [0.1, 0.15) is 31.2 Å². The van der Waals surface area contributed by atoms with Crippen LogP contribution in [-0.2, 0) is 6.54 Å². The lowest BCUT2D eigenvalue weighted by Crippen LogP contribution is -2.53. The number of piperazine rings is 1. The fourth-order valence-corrected chi connectivity index (χ4v) is 3.90. The average molecular weight is 331 g/mol. The zero-order chi connectivity index (χ0) is 16.4. The SMILES string of the molecule is O=C(NCc1ccc2c(c1)OCO2)N1CCN(C2CCCC2)CC1. The van der Waals surface area contributed by atoms with Crippen molar-refractivity contribution < 1.29 is 14.3 Å². The molecule has 2 fully saturated rings. The molecule has 1 saturated heterocycles. The minimum atomic E-state index is 0.0266. The Balaban J connectivity index is 1.25. The van der Waals surface area contributed by atoms with Gasteiger partial charge in [-0.05, 0) is 30.5 Å². The molecule has 130 valence electrons. The number of urea groups is 1. The highest BCUT2D eigenvalue weighted by Gasteiger charge is 2.27. The number of benzene rings is 1. The van der Waals surface area contributed by atoms with Gasteiger partial charge in [-0.15, -0.1) is 0 Å².